The average Bonchev–Trinajstić information content (AvgIpc) is 2.30. The van der Waals surface area contributed by atoms with E-state index in [1.54, 1.807) is 12.3 Å². The molecule has 0 saturated carbocycles. The van der Waals surface area contributed by atoms with E-state index < -0.39 is 0 Å². The molecular formula is C9H13BrN2OS. The minimum Gasteiger partial charge on any atom is -0.291 e. The van der Waals surface area contributed by atoms with Gasteiger partial charge in [-0.05, 0) is 12.3 Å². The first-order valence-electron chi connectivity index (χ1n) is 4.24. The second-order valence-electron chi connectivity index (χ2n) is 1.99. The third kappa shape index (κ3) is 4.19. The third-order valence-electron chi connectivity index (χ3n) is 1.22. The van der Waals surface area contributed by atoms with Gasteiger partial charge in [-0.2, -0.15) is 0 Å². The number of hydrogen-bond donors (Lipinski definition) is 0. The molecule has 0 fully saturated rings. The molecule has 14 heavy (non-hydrogen) atoms. The summed E-state index contributed by atoms with van der Waals surface area (Å²) in [5.41, 5.74) is 0.464. The number of carbonyl (C=O) groups excluding carboxylic acids is 1. The molecule has 0 aliphatic rings. The average molecular weight is 277 g/mol. The van der Waals surface area contributed by atoms with Gasteiger partial charge in [-0.1, -0.05) is 41.5 Å². The van der Waals surface area contributed by atoms with Gasteiger partial charge < -0.3 is 0 Å². The predicted molar refractivity (Wildman–Crippen MR) is 63.3 cm³/mol. The number of hydrogen-bond acceptors (Lipinski definition) is 4. The van der Waals surface area contributed by atoms with Crippen LogP contribution in [0.25, 0.3) is 0 Å². The number of halogens is 1. The predicted octanol–water partition coefficient (Wildman–Crippen LogP) is 2.80. The lowest BCUT2D eigenvalue weighted by atomic mass is 10.3. The van der Waals surface area contributed by atoms with Gasteiger partial charge in [0.25, 0.3) is 0 Å². The maximum absolute atomic E-state index is 11.1. The highest BCUT2D eigenvalue weighted by Gasteiger charge is 2.05. The summed E-state index contributed by atoms with van der Waals surface area (Å²) in [5, 5.41) is 0.930. The highest BCUT2D eigenvalue weighted by Crippen LogP contribution is 2.08. The van der Waals surface area contributed by atoms with Crippen LogP contribution in [-0.2, 0) is 0 Å². The van der Waals surface area contributed by atoms with Crippen molar-refractivity contribution >= 4 is 33.5 Å². The molecule has 5 heteroatoms. The fourth-order valence-corrected chi connectivity index (χ4v) is 1.31. The minimum absolute atomic E-state index is 0.0206. The lowest BCUT2D eigenvalue weighted by Crippen LogP contribution is -2.04. The number of aromatic nitrogens is 2. The molecule has 1 heterocycles. The molecule has 0 unspecified atom stereocenters. The minimum atomic E-state index is -0.0206. The Bertz CT molecular complexity index is 294. The molecule has 0 radical (unpaired) electrons. The number of rotatable bonds is 3. The monoisotopic (exact) mass is 276 g/mol. The number of carbonyl (C=O) groups is 1. The van der Waals surface area contributed by atoms with Gasteiger partial charge in [0.15, 0.2) is 10.9 Å². The van der Waals surface area contributed by atoms with Crippen LogP contribution in [0.4, 0.5) is 0 Å². The summed E-state index contributed by atoms with van der Waals surface area (Å²) in [4.78, 5) is 19.1. The maximum Gasteiger partial charge on any atom is 0.191 e. The van der Waals surface area contributed by atoms with Crippen molar-refractivity contribution in [2.75, 3.05) is 11.6 Å². The molecule has 1 aromatic rings. The first-order chi connectivity index (χ1) is 6.77. The highest BCUT2D eigenvalue weighted by atomic mass is 79.9. The summed E-state index contributed by atoms with van der Waals surface area (Å²) in [5.74, 6) is -0.0206. The van der Waals surface area contributed by atoms with Gasteiger partial charge in [0.2, 0.25) is 0 Å². The van der Waals surface area contributed by atoms with E-state index in [2.05, 4.69) is 25.9 Å². The van der Waals surface area contributed by atoms with E-state index >= 15 is 0 Å². The van der Waals surface area contributed by atoms with Gasteiger partial charge in [-0.25, -0.2) is 9.97 Å². The Hall–Kier alpha value is -0.420. The Morgan fingerprint density at radius 1 is 1.57 bits per heavy atom. The van der Waals surface area contributed by atoms with Gasteiger partial charge in [0.05, 0.1) is 5.33 Å². The van der Waals surface area contributed by atoms with Crippen LogP contribution in [0.3, 0.4) is 0 Å². The molecule has 3 nitrogen and oxygen atoms in total. The summed E-state index contributed by atoms with van der Waals surface area (Å²) in [6.45, 7) is 4.00. The summed E-state index contributed by atoms with van der Waals surface area (Å²) < 4.78 is 0. The first-order valence-corrected chi connectivity index (χ1v) is 6.58. The van der Waals surface area contributed by atoms with Crippen molar-refractivity contribution in [1.82, 2.24) is 9.97 Å². The first kappa shape index (κ1) is 13.6. The van der Waals surface area contributed by atoms with Crippen LogP contribution in [0.5, 0.6) is 0 Å². The van der Waals surface area contributed by atoms with Crippen LogP contribution in [0.15, 0.2) is 17.4 Å². The van der Waals surface area contributed by atoms with E-state index in [0.29, 0.717) is 16.2 Å². The van der Waals surface area contributed by atoms with E-state index in [4.69, 9.17) is 0 Å². The molecule has 0 N–H and O–H groups in total. The summed E-state index contributed by atoms with van der Waals surface area (Å²) in [7, 11) is 0. The smallest absolute Gasteiger partial charge is 0.191 e. The molecular weight excluding hydrogens is 264 g/mol. The third-order valence-corrected chi connectivity index (χ3v) is 2.29. The second-order valence-corrected chi connectivity index (χ2v) is 3.32. The molecule has 0 aliphatic carbocycles. The SMILES string of the molecule is CC.CSc1nccc(C(=O)CBr)n1. The van der Waals surface area contributed by atoms with Crippen LogP contribution >= 0.6 is 27.7 Å². The zero-order chi connectivity index (χ0) is 11.0. The summed E-state index contributed by atoms with van der Waals surface area (Å²) >= 11 is 4.50. The lowest BCUT2D eigenvalue weighted by Gasteiger charge is -1.97. The van der Waals surface area contributed by atoms with E-state index in [0.717, 1.165) is 0 Å². The van der Waals surface area contributed by atoms with E-state index in [1.807, 2.05) is 20.1 Å². The lowest BCUT2D eigenvalue weighted by molar-refractivity contribution is 0.101. The maximum atomic E-state index is 11.1. The van der Waals surface area contributed by atoms with Crippen molar-refractivity contribution < 1.29 is 4.79 Å². The van der Waals surface area contributed by atoms with Crippen molar-refractivity contribution in [1.29, 1.82) is 0 Å². The Balaban J connectivity index is 0.000000791. The van der Waals surface area contributed by atoms with Gasteiger partial charge in [-0.3, -0.25) is 4.79 Å². The molecule has 0 aliphatic heterocycles. The Morgan fingerprint density at radius 2 is 2.21 bits per heavy atom. The van der Waals surface area contributed by atoms with Crippen LogP contribution in [-0.4, -0.2) is 27.3 Å². The number of thioether (sulfide) groups is 1. The Kier molecular flexibility index (Phi) is 7.70. The fraction of sp³-hybridized carbons (Fsp3) is 0.444. The number of ketones is 1. The van der Waals surface area contributed by atoms with Crippen molar-refractivity contribution in [3.8, 4) is 0 Å². The number of Topliss-reactive ketones (excluding diaryl/α,β-unsaturated/α-hetero) is 1. The number of nitrogens with zero attached hydrogens (tertiary/aromatic N) is 2. The molecule has 0 bridgehead atoms. The van der Waals surface area contributed by atoms with E-state index in [-0.39, 0.29) is 5.78 Å². The Morgan fingerprint density at radius 3 is 2.71 bits per heavy atom. The van der Waals surface area contributed by atoms with Crippen LogP contribution < -0.4 is 0 Å². The fourth-order valence-electron chi connectivity index (χ4n) is 0.663. The molecule has 0 amide bonds. The molecule has 78 valence electrons. The van der Waals surface area contributed by atoms with Crippen LogP contribution in [0.1, 0.15) is 24.3 Å². The van der Waals surface area contributed by atoms with Gasteiger partial charge in [0.1, 0.15) is 5.69 Å². The van der Waals surface area contributed by atoms with Crippen molar-refractivity contribution in [2.45, 2.75) is 19.0 Å². The largest absolute Gasteiger partial charge is 0.291 e. The molecule has 0 spiro atoms. The van der Waals surface area contributed by atoms with Crippen LogP contribution in [0, 0.1) is 0 Å². The van der Waals surface area contributed by atoms with Crippen molar-refractivity contribution in [3.05, 3.63) is 18.0 Å². The normalized spacial score (nSPS) is 8.86. The van der Waals surface area contributed by atoms with Gasteiger partial charge in [-0.15, -0.1) is 0 Å². The molecule has 0 saturated heterocycles. The van der Waals surface area contributed by atoms with Crippen LogP contribution in [0.2, 0.25) is 0 Å². The molecule has 0 atom stereocenters. The van der Waals surface area contributed by atoms with E-state index in [1.165, 1.54) is 11.8 Å². The highest BCUT2D eigenvalue weighted by molar-refractivity contribution is 9.09. The van der Waals surface area contributed by atoms with E-state index in [9.17, 15) is 4.79 Å². The van der Waals surface area contributed by atoms with Gasteiger partial charge >= 0.3 is 0 Å². The summed E-state index contributed by atoms with van der Waals surface area (Å²) in [6.07, 6.45) is 3.46. The second kappa shape index (κ2) is 7.94. The summed E-state index contributed by atoms with van der Waals surface area (Å²) in [6, 6.07) is 1.61. The number of alkyl halides is 1. The zero-order valence-corrected chi connectivity index (χ0v) is 10.9. The van der Waals surface area contributed by atoms with Crippen molar-refractivity contribution in [3.63, 3.8) is 0 Å². The molecule has 0 aromatic carbocycles. The topological polar surface area (TPSA) is 42.9 Å². The molecule has 1 aromatic heterocycles. The molecule has 1 rings (SSSR count). The zero-order valence-electron chi connectivity index (χ0n) is 8.45. The van der Waals surface area contributed by atoms with Crippen molar-refractivity contribution in [2.24, 2.45) is 0 Å². The quantitative estimate of drug-likeness (QED) is 0.369. The van der Waals surface area contributed by atoms with Gasteiger partial charge in [0, 0.05) is 6.20 Å². The standard InChI is InChI=1S/C7H7BrN2OS.C2H6/c1-12-7-9-3-2-5(10-7)6(11)4-8;1-2/h2-3H,4H2,1H3;1-2H3. The Labute approximate surface area is 96.9 Å².